The molecular formula is C11H5Cl2N3. The molecule has 0 saturated heterocycles. The molecule has 0 fully saturated rings. The maximum Gasteiger partial charge on any atom is 0.151 e. The van der Waals surface area contributed by atoms with E-state index in [1.54, 1.807) is 24.4 Å². The zero-order valence-electron chi connectivity index (χ0n) is 7.98. The summed E-state index contributed by atoms with van der Waals surface area (Å²) >= 11 is 11.7. The van der Waals surface area contributed by atoms with Gasteiger partial charge in [-0.2, -0.15) is 5.26 Å². The van der Waals surface area contributed by atoms with Gasteiger partial charge in [0.15, 0.2) is 5.69 Å². The van der Waals surface area contributed by atoms with Crippen LogP contribution in [-0.4, -0.2) is 9.97 Å². The summed E-state index contributed by atoms with van der Waals surface area (Å²) in [6.45, 7) is 0. The first kappa shape index (κ1) is 10.9. The van der Waals surface area contributed by atoms with Crippen LogP contribution in [0.25, 0.3) is 11.1 Å². The molecule has 2 aromatic rings. The number of aromatic nitrogens is 2. The van der Waals surface area contributed by atoms with Crippen molar-refractivity contribution in [1.29, 1.82) is 5.26 Å². The van der Waals surface area contributed by atoms with Crippen molar-refractivity contribution in [3.8, 4) is 17.2 Å². The van der Waals surface area contributed by atoms with Crippen molar-refractivity contribution in [2.24, 2.45) is 0 Å². The molecule has 0 N–H and O–H groups in total. The van der Waals surface area contributed by atoms with Crippen molar-refractivity contribution >= 4 is 23.2 Å². The first-order valence-corrected chi connectivity index (χ1v) is 5.13. The largest absolute Gasteiger partial charge is 0.244 e. The minimum Gasteiger partial charge on any atom is -0.244 e. The van der Waals surface area contributed by atoms with E-state index >= 15 is 0 Å². The van der Waals surface area contributed by atoms with Crippen LogP contribution >= 0.6 is 23.2 Å². The summed E-state index contributed by atoms with van der Waals surface area (Å²) in [5, 5.41) is 9.81. The normalized spacial score (nSPS) is 9.81. The van der Waals surface area contributed by atoms with Gasteiger partial charge in [-0.05, 0) is 17.7 Å². The van der Waals surface area contributed by atoms with Crippen molar-refractivity contribution in [2.75, 3.05) is 0 Å². The van der Waals surface area contributed by atoms with Gasteiger partial charge in [0.05, 0.1) is 10.0 Å². The van der Waals surface area contributed by atoms with Crippen LogP contribution in [0.2, 0.25) is 10.0 Å². The minimum absolute atomic E-state index is 0.313. The molecule has 78 valence electrons. The van der Waals surface area contributed by atoms with E-state index in [0.717, 1.165) is 5.56 Å². The summed E-state index contributed by atoms with van der Waals surface area (Å²) in [5.74, 6) is 0. The Balaban J connectivity index is 2.60. The van der Waals surface area contributed by atoms with Crippen LogP contribution < -0.4 is 0 Å². The van der Waals surface area contributed by atoms with Gasteiger partial charge in [0.2, 0.25) is 0 Å². The highest BCUT2D eigenvalue weighted by Gasteiger charge is 2.07. The number of hydrogen-bond acceptors (Lipinski definition) is 3. The predicted molar refractivity (Wildman–Crippen MR) is 62.2 cm³/mol. The topological polar surface area (TPSA) is 49.6 Å². The van der Waals surface area contributed by atoms with E-state index in [-0.39, 0.29) is 0 Å². The van der Waals surface area contributed by atoms with Gasteiger partial charge in [-0.15, -0.1) is 0 Å². The van der Waals surface area contributed by atoms with Gasteiger partial charge in [-0.3, -0.25) is 0 Å². The van der Waals surface area contributed by atoms with Crippen LogP contribution in [0.3, 0.4) is 0 Å². The lowest BCUT2D eigenvalue weighted by atomic mass is 10.1. The standard InChI is InChI=1S/C11H5Cl2N3/c12-9-2-1-7(3-10(9)13)8-5-15-6-16-11(8)4-14/h1-3,5-6H. The zero-order valence-corrected chi connectivity index (χ0v) is 9.50. The molecule has 5 heteroatoms. The quantitative estimate of drug-likeness (QED) is 0.779. The van der Waals surface area contributed by atoms with Gasteiger partial charge in [0.25, 0.3) is 0 Å². The molecule has 0 bridgehead atoms. The summed E-state index contributed by atoms with van der Waals surface area (Å²) in [5.41, 5.74) is 1.73. The molecule has 2 rings (SSSR count). The smallest absolute Gasteiger partial charge is 0.151 e. The average molecular weight is 250 g/mol. The van der Waals surface area contributed by atoms with Crippen LogP contribution in [0.4, 0.5) is 0 Å². The van der Waals surface area contributed by atoms with Gasteiger partial charge in [-0.1, -0.05) is 29.3 Å². The third-order valence-electron chi connectivity index (χ3n) is 2.05. The molecule has 1 aromatic carbocycles. The summed E-state index contributed by atoms with van der Waals surface area (Å²) in [7, 11) is 0. The molecule has 0 atom stereocenters. The van der Waals surface area contributed by atoms with E-state index in [9.17, 15) is 0 Å². The van der Waals surface area contributed by atoms with Crippen LogP contribution in [0, 0.1) is 11.3 Å². The number of benzene rings is 1. The fourth-order valence-electron chi connectivity index (χ4n) is 1.29. The number of nitriles is 1. The third kappa shape index (κ3) is 1.99. The Kier molecular flexibility index (Phi) is 3.04. The summed E-state index contributed by atoms with van der Waals surface area (Å²) in [4.78, 5) is 7.76. The molecule has 0 saturated carbocycles. The number of halogens is 2. The van der Waals surface area contributed by atoms with Crippen molar-refractivity contribution < 1.29 is 0 Å². The maximum absolute atomic E-state index is 8.90. The molecule has 0 radical (unpaired) electrons. The molecule has 16 heavy (non-hydrogen) atoms. The van der Waals surface area contributed by atoms with Crippen LogP contribution in [0.1, 0.15) is 5.69 Å². The second-order valence-corrected chi connectivity index (χ2v) is 3.84. The zero-order chi connectivity index (χ0) is 11.5. The Hall–Kier alpha value is -1.63. The van der Waals surface area contributed by atoms with E-state index in [2.05, 4.69) is 9.97 Å². The van der Waals surface area contributed by atoms with Gasteiger partial charge in [-0.25, -0.2) is 9.97 Å². The van der Waals surface area contributed by atoms with Gasteiger partial charge < -0.3 is 0 Å². The first-order valence-electron chi connectivity index (χ1n) is 4.38. The fraction of sp³-hybridized carbons (Fsp3) is 0. The van der Waals surface area contributed by atoms with E-state index in [1.165, 1.54) is 6.33 Å². The number of rotatable bonds is 1. The first-order chi connectivity index (χ1) is 7.72. The molecule has 1 heterocycles. The summed E-state index contributed by atoms with van der Waals surface area (Å²) in [6, 6.07) is 7.13. The lowest BCUT2D eigenvalue weighted by molar-refractivity contribution is 1.14. The molecule has 0 unspecified atom stereocenters. The van der Waals surface area contributed by atoms with Crippen LogP contribution in [0.15, 0.2) is 30.7 Å². The van der Waals surface area contributed by atoms with Crippen LogP contribution in [0.5, 0.6) is 0 Å². The second kappa shape index (κ2) is 4.48. The van der Waals surface area contributed by atoms with Gasteiger partial charge in [0.1, 0.15) is 12.4 Å². The molecule has 0 spiro atoms. The Morgan fingerprint density at radius 3 is 2.69 bits per heavy atom. The van der Waals surface area contributed by atoms with E-state index in [0.29, 0.717) is 21.3 Å². The molecule has 0 aliphatic rings. The van der Waals surface area contributed by atoms with Crippen LogP contribution in [-0.2, 0) is 0 Å². The third-order valence-corrected chi connectivity index (χ3v) is 2.79. The summed E-state index contributed by atoms with van der Waals surface area (Å²) < 4.78 is 0. The van der Waals surface area contributed by atoms with Crippen molar-refractivity contribution in [3.63, 3.8) is 0 Å². The Bertz CT molecular complexity index is 576. The van der Waals surface area contributed by atoms with Crippen molar-refractivity contribution in [2.45, 2.75) is 0 Å². The monoisotopic (exact) mass is 249 g/mol. The molecule has 3 nitrogen and oxygen atoms in total. The van der Waals surface area contributed by atoms with E-state index < -0.39 is 0 Å². The highest BCUT2D eigenvalue weighted by molar-refractivity contribution is 6.42. The maximum atomic E-state index is 8.90. The Morgan fingerprint density at radius 1 is 1.19 bits per heavy atom. The number of hydrogen-bond donors (Lipinski definition) is 0. The SMILES string of the molecule is N#Cc1ncncc1-c1ccc(Cl)c(Cl)c1. The average Bonchev–Trinajstić information content (AvgIpc) is 2.32. The lowest BCUT2D eigenvalue weighted by Crippen LogP contribution is -1.90. The fourth-order valence-corrected chi connectivity index (χ4v) is 1.59. The molecule has 0 amide bonds. The Morgan fingerprint density at radius 2 is 2.00 bits per heavy atom. The molecule has 1 aromatic heterocycles. The molecular weight excluding hydrogens is 245 g/mol. The number of nitrogens with zero attached hydrogens (tertiary/aromatic N) is 3. The highest BCUT2D eigenvalue weighted by Crippen LogP contribution is 2.29. The summed E-state index contributed by atoms with van der Waals surface area (Å²) in [6.07, 6.45) is 2.91. The van der Waals surface area contributed by atoms with E-state index in [1.807, 2.05) is 6.07 Å². The van der Waals surface area contributed by atoms with Gasteiger partial charge in [0, 0.05) is 11.8 Å². The van der Waals surface area contributed by atoms with Gasteiger partial charge >= 0.3 is 0 Å². The Labute approximate surface area is 102 Å². The van der Waals surface area contributed by atoms with Crippen molar-refractivity contribution in [1.82, 2.24) is 9.97 Å². The highest BCUT2D eigenvalue weighted by atomic mass is 35.5. The molecule has 0 aliphatic heterocycles. The lowest BCUT2D eigenvalue weighted by Gasteiger charge is -2.03. The van der Waals surface area contributed by atoms with E-state index in [4.69, 9.17) is 28.5 Å². The van der Waals surface area contributed by atoms with Crippen molar-refractivity contribution in [3.05, 3.63) is 46.5 Å². The predicted octanol–water partition coefficient (Wildman–Crippen LogP) is 3.32. The minimum atomic E-state index is 0.313. The second-order valence-electron chi connectivity index (χ2n) is 3.03. The molecule has 0 aliphatic carbocycles.